The summed E-state index contributed by atoms with van der Waals surface area (Å²) in [6, 6.07) is 16.5. The lowest BCUT2D eigenvalue weighted by molar-refractivity contribution is 0.0366. The van der Waals surface area contributed by atoms with E-state index in [1.165, 1.54) is 34.8 Å². The van der Waals surface area contributed by atoms with Gasteiger partial charge in [0.2, 0.25) is 0 Å². The van der Waals surface area contributed by atoms with E-state index in [0.717, 1.165) is 37.1 Å². The smallest absolute Gasteiger partial charge is 0.321 e. The first-order valence-electron chi connectivity index (χ1n) is 12.0. The Morgan fingerprint density at radius 2 is 1.91 bits per heavy atom. The van der Waals surface area contributed by atoms with Crippen LogP contribution in [0.3, 0.4) is 0 Å². The zero-order valence-electron chi connectivity index (χ0n) is 18.8. The molecular weight excluding hydrogens is 410 g/mol. The molecule has 168 valence electrons. The van der Waals surface area contributed by atoms with E-state index in [2.05, 4.69) is 71.7 Å². The second-order valence-electron chi connectivity index (χ2n) is 9.16. The van der Waals surface area contributed by atoms with Crippen LogP contribution >= 0.6 is 0 Å². The molecule has 0 radical (unpaired) electrons. The van der Waals surface area contributed by atoms with Crippen molar-refractivity contribution < 1.29 is 14.2 Å². The zero-order valence-corrected chi connectivity index (χ0v) is 18.8. The summed E-state index contributed by atoms with van der Waals surface area (Å²) >= 11 is 0. The molecule has 0 saturated carbocycles. The van der Waals surface area contributed by atoms with E-state index < -0.39 is 0 Å². The molecule has 2 aromatic carbocycles. The van der Waals surface area contributed by atoms with Crippen LogP contribution in [0.1, 0.15) is 37.7 Å². The lowest BCUT2D eigenvalue weighted by Crippen LogP contribution is -2.40. The maximum atomic E-state index is 5.88. The zero-order chi connectivity index (χ0) is 22.0. The van der Waals surface area contributed by atoms with Crippen LogP contribution in [0.2, 0.25) is 0 Å². The number of hydrogen-bond acceptors (Lipinski definition) is 4. The van der Waals surface area contributed by atoms with Crippen molar-refractivity contribution in [2.24, 2.45) is 0 Å². The van der Waals surface area contributed by atoms with Gasteiger partial charge in [0, 0.05) is 18.6 Å². The van der Waals surface area contributed by atoms with E-state index in [-0.39, 0.29) is 0 Å². The molecule has 6 rings (SSSR count). The molecule has 1 fully saturated rings. The molecule has 0 N–H and O–H groups in total. The van der Waals surface area contributed by atoms with Crippen LogP contribution in [0.15, 0.2) is 96.6 Å². The van der Waals surface area contributed by atoms with Crippen molar-refractivity contribution in [3.05, 3.63) is 102 Å². The molecule has 0 spiro atoms. The van der Waals surface area contributed by atoms with Crippen molar-refractivity contribution in [1.82, 2.24) is 4.90 Å². The molecule has 4 nitrogen and oxygen atoms in total. The molecule has 4 aliphatic rings. The Morgan fingerprint density at radius 3 is 2.73 bits per heavy atom. The van der Waals surface area contributed by atoms with Crippen molar-refractivity contribution in [1.29, 1.82) is 0 Å². The highest BCUT2D eigenvalue weighted by atomic mass is 16.7. The van der Waals surface area contributed by atoms with Gasteiger partial charge in [-0.05, 0) is 65.7 Å². The van der Waals surface area contributed by atoms with E-state index in [1.807, 2.05) is 0 Å². The number of nitrogens with zero attached hydrogens (tertiary/aromatic N) is 1. The van der Waals surface area contributed by atoms with E-state index in [9.17, 15) is 0 Å². The lowest BCUT2D eigenvalue weighted by atomic mass is 9.93. The first kappa shape index (κ1) is 20.4. The Hall–Kier alpha value is -3.24. The predicted octanol–water partition coefficient (Wildman–Crippen LogP) is 6.44. The fourth-order valence-electron chi connectivity index (χ4n) is 5.43. The Kier molecular flexibility index (Phi) is 5.53. The third kappa shape index (κ3) is 4.23. The molecule has 2 aromatic rings. The molecule has 33 heavy (non-hydrogen) atoms. The summed E-state index contributed by atoms with van der Waals surface area (Å²) in [4.78, 5) is 2.59. The van der Waals surface area contributed by atoms with Gasteiger partial charge in [0.1, 0.15) is 12.9 Å². The summed E-state index contributed by atoms with van der Waals surface area (Å²) in [5.41, 5.74) is 4.01. The highest BCUT2D eigenvalue weighted by Crippen LogP contribution is 2.39. The second-order valence-corrected chi connectivity index (χ2v) is 9.16. The summed E-state index contributed by atoms with van der Waals surface area (Å²) in [5, 5.41) is 2.62. The minimum absolute atomic E-state index is 0.433. The van der Waals surface area contributed by atoms with E-state index in [4.69, 9.17) is 14.2 Å². The van der Waals surface area contributed by atoms with Crippen molar-refractivity contribution >= 4 is 16.3 Å². The molecule has 1 aliphatic carbocycles. The van der Waals surface area contributed by atoms with Gasteiger partial charge in [0.05, 0.1) is 0 Å². The van der Waals surface area contributed by atoms with E-state index in [1.54, 1.807) is 12.5 Å². The van der Waals surface area contributed by atoms with Gasteiger partial charge in [-0.3, -0.25) is 4.90 Å². The van der Waals surface area contributed by atoms with Gasteiger partial charge in [-0.1, -0.05) is 60.7 Å². The van der Waals surface area contributed by atoms with Crippen LogP contribution in [0.5, 0.6) is 0 Å². The third-order valence-electron chi connectivity index (χ3n) is 7.15. The summed E-state index contributed by atoms with van der Waals surface area (Å²) < 4.78 is 17.3. The molecule has 0 amide bonds. The minimum Gasteiger partial charge on any atom is -0.462 e. The Labute approximate surface area is 195 Å². The van der Waals surface area contributed by atoms with Crippen LogP contribution in [-0.4, -0.2) is 30.1 Å². The van der Waals surface area contributed by atoms with Crippen LogP contribution in [0.25, 0.3) is 16.3 Å². The minimum atomic E-state index is 0.433. The molecule has 0 aromatic heterocycles. The number of hydrogen-bond donors (Lipinski definition) is 0. The summed E-state index contributed by atoms with van der Waals surface area (Å²) in [5.74, 6) is 1.20. The second kappa shape index (κ2) is 8.95. The Balaban J connectivity index is 1.05. The fraction of sp³-hybridized carbons (Fsp3) is 0.310. The highest BCUT2D eigenvalue weighted by molar-refractivity contribution is 5.86. The SMILES string of the molecule is C1=CCCC(C2=COC(OCCN3C4C=C(c5ccc6ccccc6c5)CC3CC4)=CO2)=C1. The summed E-state index contributed by atoms with van der Waals surface area (Å²) in [6.45, 7) is 1.49. The maximum absolute atomic E-state index is 5.88. The van der Waals surface area contributed by atoms with Gasteiger partial charge in [-0.25, -0.2) is 0 Å². The number of benzene rings is 2. The van der Waals surface area contributed by atoms with Crippen molar-refractivity contribution in [3.8, 4) is 0 Å². The Morgan fingerprint density at radius 1 is 0.970 bits per heavy atom. The maximum Gasteiger partial charge on any atom is 0.321 e. The molecular formula is C29H29NO3. The topological polar surface area (TPSA) is 30.9 Å². The summed E-state index contributed by atoms with van der Waals surface area (Å²) in [7, 11) is 0. The van der Waals surface area contributed by atoms with Crippen molar-refractivity contribution in [3.63, 3.8) is 0 Å². The molecule has 3 heterocycles. The van der Waals surface area contributed by atoms with Crippen LogP contribution in [0.4, 0.5) is 0 Å². The lowest BCUT2D eigenvalue weighted by Gasteiger charge is -2.34. The van der Waals surface area contributed by atoms with Crippen LogP contribution in [0, 0.1) is 0 Å². The van der Waals surface area contributed by atoms with Gasteiger partial charge in [-0.2, -0.15) is 0 Å². The number of allylic oxidation sites excluding steroid dienone is 4. The quantitative estimate of drug-likeness (QED) is 0.518. The first-order valence-corrected chi connectivity index (χ1v) is 12.0. The van der Waals surface area contributed by atoms with Crippen LogP contribution < -0.4 is 0 Å². The van der Waals surface area contributed by atoms with Crippen molar-refractivity contribution in [2.45, 2.75) is 44.2 Å². The monoisotopic (exact) mass is 439 g/mol. The van der Waals surface area contributed by atoms with Crippen molar-refractivity contribution in [2.75, 3.05) is 13.2 Å². The van der Waals surface area contributed by atoms with E-state index >= 15 is 0 Å². The molecule has 1 saturated heterocycles. The highest BCUT2D eigenvalue weighted by Gasteiger charge is 2.36. The standard InChI is InChI=1S/C29H29NO3/c1-2-7-22(8-3-1)28-19-33-29(20-32-28)31-15-14-30-26-12-13-27(30)18-25(17-26)24-11-10-21-6-4-5-9-23(21)16-24/h1-2,4-7,9-11,16-17,19-20,26-27H,3,8,12-15,18H2. The number of rotatable bonds is 6. The van der Waals surface area contributed by atoms with Gasteiger partial charge < -0.3 is 14.2 Å². The molecule has 2 unspecified atom stereocenters. The predicted molar refractivity (Wildman–Crippen MR) is 131 cm³/mol. The summed E-state index contributed by atoms with van der Waals surface area (Å²) in [6.07, 6.45) is 17.6. The Bertz CT molecular complexity index is 1200. The first-order chi connectivity index (χ1) is 16.3. The normalized spacial score (nSPS) is 24.4. The van der Waals surface area contributed by atoms with Gasteiger partial charge in [-0.15, -0.1) is 0 Å². The largest absolute Gasteiger partial charge is 0.462 e. The molecule has 2 bridgehead atoms. The third-order valence-corrected chi connectivity index (χ3v) is 7.15. The van der Waals surface area contributed by atoms with Gasteiger partial charge in [0.25, 0.3) is 0 Å². The molecule has 2 atom stereocenters. The van der Waals surface area contributed by atoms with Gasteiger partial charge >= 0.3 is 5.95 Å². The van der Waals surface area contributed by atoms with E-state index in [0.29, 0.717) is 24.6 Å². The fourth-order valence-corrected chi connectivity index (χ4v) is 5.43. The molecule has 4 heteroatoms. The van der Waals surface area contributed by atoms with Gasteiger partial charge in [0.15, 0.2) is 12.0 Å². The molecule has 3 aliphatic heterocycles. The number of ether oxygens (including phenoxy) is 3. The number of fused-ring (bicyclic) bond motifs is 3. The average Bonchev–Trinajstić information content (AvgIpc) is 3.11. The van der Waals surface area contributed by atoms with Crippen LogP contribution in [-0.2, 0) is 14.2 Å². The average molecular weight is 440 g/mol.